The highest BCUT2D eigenvalue weighted by molar-refractivity contribution is 4.86. The number of hydrogen-bond donors (Lipinski definition) is 0. The lowest BCUT2D eigenvalue weighted by atomic mass is 9.80. The van der Waals surface area contributed by atoms with E-state index in [1.54, 1.807) is 0 Å². The van der Waals surface area contributed by atoms with Crippen molar-refractivity contribution in [1.82, 2.24) is 4.90 Å². The van der Waals surface area contributed by atoms with E-state index in [4.69, 9.17) is 0 Å². The molecule has 1 heteroatoms. The Kier molecular flexibility index (Phi) is 2.94. The van der Waals surface area contributed by atoms with Gasteiger partial charge in [-0.15, -0.1) is 6.58 Å². The minimum Gasteiger partial charge on any atom is -0.299 e. The molecule has 0 bridgehead atoms. The summed E-state index contributed by atoms with van der Waals surface area (Å²) >= 11 is 0. The topological polar surface area (TPSA) is 3.24 Å². The molecule has 1 heterocycles. The van der Waals surface area contributed by atoms with Gasteiger partial charge in [0.05, 0.1) is 0 Å². The van der Waals surface area contributed by atoms with Gasteiger partial charge in [-0.3, -0.25) is 4.90 Å². The van der Waals surface area contributed by atoms with Gasteiger partial charge in [0.1, 0.15) is 0 Å². The molecule has 1 aliphatic heterocycles. The van der Waals surface area contributed by atoms with Crippen molar-refractivity contribution in [2.75, 3.05) is 19.6 Å². The van der Waals surface area contributed by atoms with Crippen molar-refractivity contribution in [1.29, 1.82) is 0 Å². The fourth-order valence-electron chi connectivity index (χ4n) is 1.89. The van der Waals surface area contributed by atoms with Gasteiger partial charge in [0.2, 0.25) is 0 Å². The molecule has 0 N–H and O–H groups in total. The van der Waals surface area contributed by atoms with Crippen molar-refractivity contribution in [2.45, 2.75) is 27.2 Å². The van der Waals surface area contributed by atoms with E-state index in [-0.39, 0.29) is 0 Å². The summed E-state index contributed by atoms with van der Waals surface area (Å²) in [6, 6.07) is 0. The lowest BCUT2D eigenvalue weighted by Crippen LogP contribution is -2.26. The minimum atomic E-state index is 0.482. The molecule has 0 spiro atoms. The maximum Gasteiger partial charge on any atom is 0.0160 e. The maximum atomic E-state index is 3.77. The molecule has 1 saturated heterocycles. The molecule has 0 aromatic carbocycles. The first-order valence-electron chi connectivity index (χ1n) is 4.87. The van der Waals surface area contributed by atoms with Crippen LogP contribution < -0.4 is 0 Å². The van der Waals surface area contributed by atoms with Gasteiger partial charge in [-0.25, -0.2) is 0 Å². The summed E-state index contributed by atoms with van der Waals surface area (Å²) in [6.45, 7) is 14.4. The van der Waals surface area contributed by atoms with Crippen molar-refractivity contribution in [3.05, 3.63) is 12.7 Å². The van der Waals surface area contributed by atoms with E-state index in [1.807, 2.05) is 6.08 Å². The molecule has 1 aliphatic rings. The Hall–Kier alpha value is -0.300. The first-order valence-corrected chi connectivity index (χ1v) is 4.87. The van der Waals surface area contributed by atoms with Crippen molar-refractivity contribution < 1.29 is 0 Å². The third-order valence-corrected chi connectivity index (χ3v) is 2.88. The lowest BCUT2D eigenvalue weighted by molar-refractivity contribution is 0.236. The zero-order valence-corrected chi connectivity index (χ0v) is 8.64. The summed E-state index contributed by atoms with van der Waals surface area (Å²) in [5, 5.41) is 0. The van der Waals surface area contributed by atoms with E-state index in [0.717, 1.165) is 12.5 Å². The van der Waals surface area contributed by atoms with Crippen molar-refractivity contribution in [3.8, 4) is 0 Å². The molecule has 0 aliphatic carbocycles. The second-order valence-corrected chi connectivity index (χ2v) is 4.90. The highest BCUT2D eigenvalue weighted by atomic mass is 15.1. The normalized spacial score (nSPS) is 26.1. The molecule has 0 amide bonds. The van der Waals surface area contributed by atoms with Gasteiger partial charge >= 0.3 is 0 Å². The second-order valence-electron chi connectivity index (χ2n) is 4.90. The smallest absolute Gasteiger partial charge is 0.0160 e. The highest BCUT2D eigenvalue weighted by Crippen LogP contribution is 2.33. The van der Waals surface area contributed by atoms with Crippen LogP contribution in [-0.2, 0) is 0 Å². The summed E-state index contributed by atoms with van der Waals surface area (Å²) in [5.41, 5.74) is 0.482. The summed E-state index contributed by atoms with van der Waals surface area (Å²) in [7, 11) is 0. The number of nitrogens with zero attached hydrogens (tertiary/aromatic N) is 1. The van der Waals surface area contributed by atoms with Crippen LogP contribution in [0.4, 0.5) is 0 Å². The van der Waals surface area contributed by atoms with Gasteiger partial charge in [0.25, 0.3) is 0 Å². The van der Waals surface area contributed by atoms with Crippen molar-refractivity contribution >= 4 is 0 Å². The van der Waals surface area contributed by atoms with Crippen LogP contribution in [0.3, 0.4) is 0 Å². The standard InChI is InChI=1S/C11H21N/c1-5-7-12-8-6-10(9-12)11(2,3)4/h5,10H,1,6-9H2,2-4H3. The van der Waals surface area contributed by atoms with Gasteiger partial charge in [-0.1, -0.05) is 26.8 Å². The van der Waals surface area contributed by atoms with Crippen LogP contribution in [0.5, 0.6) is 0 Å². The SMILES string of the molecule is C=CCN1CCC(C(C)(C)C)C1. The third-order valence-electron chi connectivity index (χ3n) is 2.88. The van der Waals surface area contributed by atoms with Gasteiger partial charge in [0.15, 0.2) is 0 Å². The van der Waals surface area contributed by atoms with Gasteiger partial charge in [-0.05, 0) is 24.3 Å². The third kappa shape index (κ3) is 2.34. The summed E-state index contributed by atoms with van der Waals surface area (Å²) in [6.07, 6.45) is 3.36. The van der Waals surface area contributed by atoms with E-state index in [2.05, 4.69) is 32.3 Å². The molecule has 12 heavy (non-hydrogen) atoms. The highest BCUT2D eigenvalue weighted by Gasteiger charge is 2.30. The number of rotatable bonds is 2. The summed E-state index contributed by atoms with van der Waals surface area (Å²) in [5.74, 6) is 0.873. The zero-order valence-electron chi connectivity index (χ0n) is 8.64. The fourth-order valence-corrected chi connectivity index (χ4v) is 1.89. The van der Waals surface area contributed by atoms with E-state index in [1.165, 1.54) is 19.5 Å². The van der Waals surface area contributed by atoms with Crippen LogP contribution in [0, 0.1) is 11.3 Å². The van der Waals surface area contributed by atoms with E-state index >= 15 is 0 Å². The van der Waals surface area contributed by atoms with E-state index < -0.39 is 0 Å². The van der Waals surface area contributed by atoms with Crippen LogP contribution in [0.15, 0.2) is 12.7 Å². The minimum absolute atomic E-state index is 0.482. The Morgan fingerprint density at radius 1 is 1.50 bits per heavy atom. The van der Waals surface area contributed by atoms with Crippen LogP contribution in [0.1, 0.15) is 27.2 Å². The average Bonchev–Trinajstić information content (AvgIpc) is 2.35. The average molecular weight is 167 g/mol. The molecular weight excluding hydrogens is 146 g/mol. The maximum absolute atomic E-state index is 3.77. The number of hydrogen-bond acceptors (Lipinski definition) is 1. The fraction of sp³-hybridized carbons (Fsp3) is 0.818. The van der Waals surface area contributed by atoms with Gasteiger partial charge in [-0.2, -0.15) is 0 Å². The zero-order chi connectivity index (χ0) is 9.19. The molecule has 0 aromatic heterocycles. The molecule has 1 rings (SSSR count). The molecule has 70 valence electrons. The Bertz CT molecular complexity index is 155. The van der Waals surface area contributed by atoms with Crippen LogP contribution >= 0.6 is 0 Å². The largest absolute Gasteiger partial charge is 0.299 e. The quantitative estimate of drug-likeness (QED) is 0.571. The molecule has 1 nitrogen and oxygen atoms in total. The first kappa shape index (κ1) is 9.79. The van der Waals surface area contributed by atoms with Crippen LogP contribution in [0.25, 0.3) is 0 Å². The molecule has 1 fully saturated rings. The summed E-state index contributed by atoms with van der Waals surface area (Å²) < 4.78 is 0. The molecule has 0 saturated carbocycles. The van der Waals surface area contributed by atoms with Crippen molar-refractivity contribution in [3.63, 3.8) is 0 Å². The van der Waals surface area contributed by atoms with Gasteiger partial charge in [0, 0.05) is 13.1 Å². The first-order chi connectivity index (χ1) is 5.54. The van der Waals surface area contributed by atoms with Crippen LogP contribution in [-0.4, -0.2) is 24.5 Å². The molecule has 1 unspecified atom stereocenters. The van der Waals surface area contributed by atoms with E-state index in [0.29, 0.717) is 5.41 Å². The molecular formula is C11H21N. The number of likely N-dealkylation sites (tertiary alicyclic amines) is 1. The Balaban J connectivity index is 2.40. The van der Waals surface area contributed by atoms with Crippen molar-refractivity contribution in [2.24, 2.45) is 11.3 Å². The Morgan fingerprint density at radius 3 is 2.58 bits per heavy atom. The van der Waals surface area contributed by atoms with Crippen LogP contribution in [0.2, 0.25) is 0 Å². The second kappa shape index (κ2) is 3.61. The molecule has 0 aromatic rings. The Labute approximate surface area is 76.5 Å². The monoisotopic (exact) mass is 167 g/mol. The van der Waals surface area contributed by atoms with E-state index in [9.17, 15) is 0 Å². The van der Waals surface area contributed by atoms with Gasteiger partial charge < -0.3 is 0 Å². The Morgan fingerprint density at radius 2 is 2.17 bits per heavy atom. The summed E-state index contributed by atoms with van der Waals surface area (Å²) in [4.78, 5) is 2.49. The molecule has 0 radical (unpaired) electrons. The predicted molar refractivity (Wildman–Crippen MR) is 54.2 cm³/mol. The molecule has 1 atom stereocenters. The predicted octanol–water partition coefficient (Wildman–Crippen LogP) is 2.54. The lowest BCUT2D eigenvalue weighted by Gasteiger charge is -2.26.